The molecule has 1 heterocycles. The number of hydrogen-bond acceptors (Lipinski definition) is 3. The van der Waals surface area contributed by atoms with Crippen molar-refractivity contribution < 1.29 is 0 Å². The van der Waals surface area contributed by atoms with E-state index in [0.717, 1.165) is 6.54 Å². The third-order valence-electron chi connectivity index (χ3n) is 1.85. The van der Waals surface area contributed by atoms with E-state index in [-0.39, 0.29) is 0 Å². The fourth-order valence-electron chi connectivity index (χ4n) is 1.03. The van der Waals surface area contributed by atoms with Crippen LogP contribution in [-0.4, -0.2) is 12.5 Å². The molecular formula is C9H16N4S. The second kappa shape index (κ2) is 5.62. The summed E-state index contributed by atoms with van der Waals surface area (Å²) in [6.07, 6.45) is 0. The topological polar surface area (TPSA) is 62.4 Å². The zero-order valence-corrected chi connectivity index (χ0v) is 9.32. The van der Waals surface area contributed by atoms with Gasteiger partial charge in [-0.1, -0.05) is 0 Å². The summed E-state index contributed by atoms with van der Waals surface area (Å²) in [5.41, 5.74) is 5.06. The van der Waals surface area contributed by atoms with Crippen LogP contribution in [0.2, 0.25) is 0 Å². The van der Waals surface area contributed by atoms with Crippen LogP contribution in [0, 0.1) is 6.92 Å². The van der Waals surface area contributed by atoms with Gasteiger partial charge in [0.2, 0.25) is 5.96 Å². The molecule has 0 atom stereocenters. The molecule has 0 amide bonds. The maximum Gasteiger partial charge on any atom is 0.206 e. The van der Waals surface area contributed by atoms with Gasteiger partial charge < -0.3 is 5.32 Å². The summed E-state index contributed by atoms with van der Waals surface area (Å²) < 4.78 is 0. The van der Waals surface area contributed by atoms with Crippen molar-refractivity contribution in [2.45, 2.75) is 20.4 Å². The van der Waals surface area contributed by atoms with E-state index < -0.39 is 0 Å². The Labute approximate surface area is 88.2 Å². The summed E-state index contributed by atoms with van der Waals surface area (Å²) in [6.45, 7) is 5.57. The maximum absolute atomic E-state index is 5.30. The number of hydrazine groups is 1. The lowest BCUT2D eigenvalue weighted by Crippen LogP contribution is -2.41. The van der Waals surface area contributed by atoms with E-state index >= 15 is 0 Å². The highest BCUT2D eigenvalue weighted by Crippen LogP contribution is 2.14. The van der Waals surface area contributed by atoms with Gasteiger partial charge in [-0.15, -0.1) is 0 Å². The first-order valence-corrected chi connectivity index (χ1v) is 5.48. The Balaban J connectivity index is 2.56. The molecule has 1 rings (SSSR count). The number of nitrogens with two attached hydrogens (primary N) is 1. The number of nitrogens with zero attached hydrogens (tertiary/aromatic N) is 1. The van der Waals surface area contributed by atoms with Crippen LogP contribution in [-0.2, 0) is 6.54 Å². The number of aliphatic imine (C=N–C) groups is 1. The van der Waals surface area contributed by atoms with Crippen molar-refractivity contribution in [3.8, 4) is 0 Å². The molecule has 78 valence electrons. The van der Waals surface area contributed by atoms with Crippen molar-refractivity contribution in [3.63, 3.8) is 0 Å². The molecule has 1 aromatic rings. The normalized spacial score (nSPS) is 11.5. The first kappa shape index (κ1) is 11.0. The summed E-state index contributed by atoms with van der Waals surface area (Å²) in [5.74, 6) is 5.93. The molecule has 0 aromatic carbocycles. The Morgan fingerprint density at radius 2 is 2.36 bits per heavy atom. The van der Waals surface area contributed by atoms with Crippen molar-refractivity contribution in [1.29, 1.82) is 0 Å². The molecule has 0 spiro atoms. The number of thiophene rings is 1. The molecular weight excluding hydrogens is 196 g/mol. The van der Waals surface area contributed by atoms with E-state index in [9.17, 15) is 0 Å². The second-order valence-corrected chi connectivity index (χ2v) is 3.66. The Hall–Kier alpha value is -1.07. The molecule has 0 bridgehead atoms. The van der Waals surface area contributed by atoms with Gasteiger partial charge in [0.25, 0.3) is 0 Å². The molecule has 4 nitrogen and oxygen atoms in total. The Morgan fingerprint density at radius 1 is 1.57 bits per heavy atom. The largest absolute Gasteiger partial charge is 0.356 e. The molecule has 0 radical (unpaired) electrons. The lowest BCUT2D eigenvalue weighted by atomic mass is 10.2. The monoisotopic (exact) mass is 212 g/mol. The highest BCUT2D eigenvalue weighted by Gasteiger charge is 1.98. The zero-order chi connectivity index (χ0) is 10.4. The van der Waals surface area contributed by atoms with E-state index in [2.05, 4.69) is 33.4 Å². The zero-order valence-electron chi connectivity index (χ0n) is 8.50. The molecule has 14 heavy (non-hydrogen) atoms. The average Bonchev–Trinajstić information content (AvgIpc) is 2.59. The van der Waals surface area contributed by atoms with Crippen LogP contribution in [0.25, 0.3) is 0 Å². The molecule has 0 aliphatic rings. The minimum atomic E-state index is 0.637. The van der Waals surface area contributed by atoms with Gasteiger partial charge >= 0.3 is 0 Å². The lowest BCUT2D eigenvalue weighted by Gasteiger charge is -2.05. The van der Waals surface area contributed by atoms with E-state index in [1.165, 1.54) is 11.1 Å². The van der Waals surface area contributed by atoms with Crippen molar-refractivity contribution in [1.82, 2.24) is 10.7 Å². The van der Waals surface area contributed by atoms with Gasteiger partial charge in [-0.2, -0.15) is 11.3 Å². The third-order valence-corrected chi connectivity index (χ3v) is 2.76. The first-order chi connectivity index (χ1) is 6.77. The number of aryl methyl sites for hydroxylation is 1. The highest BCUT2D eigenvalue weighted by molar-refractivity contribution is 7.08. The minimum absolute atomic E-state index is 0.637. The molecule has 4 N–H and O–H groups in total. The SMILES string of the molecule is CCNC(=NCc1cscc1C)NN. The van der Waals surface area contributed by atoms with Gasteiger partial charge in [0.1, 0.15) is 0 Å². The maximum atomic E-state index is 5.30. The number of rotatable bonds is 3. The van der Waals surface area contributed by atoms with Crippen LogP contribution in [0.1, 0.15) is 18.1 Å². The van der Waals surface area contributed by atoms with Crippen LogP contribution in [0.4, 0.5) is 0 Å². The summed E-state index contributed by atoms with van der Waals surface area (Å²) in [6, 6.07) is 0. The molecule has 0 unspecified atom stereocenters. The average molecular weight is 212 g/mol. The number of nitrogens with one attached hydrogen (secondary N) is 2. The van der Waals surface area contributed by atoms with Crippen molar-refractivity contribution in [3.05, 3.63) is 21.9 Å². The van der Waals surface area contributed by atoms with Crippen molar-refractivity contribution in [2.24, 2.45) is 10.8 Å². The predicted molar refractivity (Wildman–Crippen MR) is 61.2 cm³/mol. The molecule has 0 saturated heterocycles. The summed E-state index contributed by atoms with van der Waals surface area (Å²) in [7, 11) is 0. The van der Waals surface area contributed by atoms with Gasteiger partial charge in [0.15, 0.2) is 0 Å². The van der Waals surface area contributed by atoms with Crippen LogP contribution >= 0.6 is 11.3 Å². The quantitative estimate of drug-likeness (QED) is 0.303. The van der Waals surface area contributed by atoms with Crippen molar-refractivity contribution in [2.75, 3.05) is 6.54 Å². The fourth-order valence-corrected chi connectivity index (χ4v) is 1.88. The third kappa shape index (κ3) is 3.01. The van der Waals surface area contributed by atoms with E-state index in [1.54, 1.807) is 11.3 Å². The lowest BCUT2D eigenvalue weighted by molar-refractivity contribution is 0.852. The smallest absolute Gasteiger partial charge is 0.206 e. The van der Waals surface area contributed by atoms with Crippen molar-refractivity contribution >= 4 is 17.3 Å². The van der Waals surface area contributed by atoms with Gasteiger partial charge in [-0.05, 0) is 35.7 Å². The molecule has 5 heteroatoms. The van der Waals surface area contributed by atoms with E-state index in [1.807, 2.05) is 6.92 Å². The summed E-state index contributed by atoms with van der Waals surface area (Å²) >= 11 is 1.70. The minimum Gasteiger partial charge on any atom is -0.356 e. The van der Waals surface area contributed by atoms with Gasteiger partial charge in [0, 0.05) is 6.54 Å². The highest BCUT2D eigenvalue weighted by atomic mass is 32.1. The standard InChI is InChI=1S/C9H16N4S/c1-3-11-9(13-10)12-4-8-6-14-5-7(8)2/h5-6H,3-4,10H2,1-2H3,(H2,11,12,13). The van der Waals surface area contributed by atoms with Gasteiger partial charge in [-0.3, -0.25) is 5.43 Å². The molecule has 0 fully saturated rings. The number of hydrogen-bond donors (Lipinski definition) is 3. The van der Waals surface area contributed by atoms with Crippen LogP contribution in [0.15, 0.2) is 15.8 Å². The Bertz CT molecular complexity index is 306. The van der Waals surface area contributed by atoms with E-state index in [4.69, 9.17) is 5.84 Å². The number of guanidine groups is 1. The van der Waals surface area contributed by atoms with E-state index in [0.29, 0.717) is 12.5 Å². The van der Waals surface area contributed by atoms with Gasteiger partial charge in [0.05, 0.1) is 6.54 Å². The Morgan fingerprint density at radius 3 is 2.86 bits per heavy atom. The van der Waals surface area contributed by atoms with Gasteiger partial charge in [-0.25, -0.2) is 10.8 Å². The predicted octanol–water partition coefficient (Wildman–Crippen LogP) is 0.985. The summed E-state index contributed by atoms with van der Waals surface area (Å²) in [4.78, 5) is 4.31. The van der Waals surface area contributed by atoms with Crippen LogP contribution in [0.3, 0.4) is 0 Å². The van der Waals surface area contributed by atoms with Crippen LogP contribution in [0.5, 0.6) is 0 Å². The molecule has 1 aromatic heterocycles. The second-order valence-electron chi connectivity index (χ2n) is 2.92. The Kier molecular flexibility index (Phi) is 4.42. The first-order valence-electron chi connectivity index (χ1n) is 4.54. The molecule has 0 aliphatic carbocycles. The molecule has 0 aliphatic heterocycles. The summed E-state index contributed by atoms with van der Waals surface area (Å²) in [5, 5.41) is 7.26. The molecule has 0 saturated carbocycles. The fraction of sp³-hybridized carbons (Fsp3) is 0.444. The van der Waals surface area contributed by atoms with Crippen LogP contribution < -0.4 is 16.6 Å².